The molecule has 1 aromatic carbocycles. The molecule has 0 aliphatic carbocycles. The molecule has 0 fully saturated rings. The van der Waals surface area contributed by atoms with Crippen LogP contribution in [0.2, 0.25) is 0 Å². The predicted octanol–water partition coefficient (Wildman–Crippen LogP) is 0.947. The van der Waals surface area contributed by atoms with Gasteiger partial charge >= 0.3 is 0 Å². The van der Waals surface area contributed by atoms with E-state index in [0.717, 1.165) is 16.8 Å². The minimum Gasteiger partial charge on any atom is -0.324 e. The second kappa shape index (κ2) is 2.32. The molecule has 1 atom stereocenters. The van der Waals surface area contributed by atoms with E-state index in [1.54, 1.807) is 0 Å². The molecule has 3 nitrogen and oxygen atoms in total. The van der Waals surface area contributed by atoms with Gasteiger partial charge in [0.2, 0.25) is 5.91 Å². The first-order valence-electron chi connectivity index (χ1n) is 3.86. The average Bonchev–Trinajstić information content (AvgIpc) is 2.32. The number of hydrogen-bond acceptors (Lipinski definition) is 2. The van der Waals surface area contributed by atoms with Gasteiger partial charge in [0, 0.05) is 11.3 Å². The number of nitrogens with one attached hydrogen (secondary N) is 1. The van der Waals surface area contributed by atoms with E-state index in [-0.39, 0.29) is 5.91 Å². The summed E-state index contributed by atoms with van der Waals surface area (Å²) in [5, 5.41) is 2.75. The molecule has 62 valence electrons. The van der Waals surface area contributed by atoms with Crippen molar-refractivity contribution in [3.8, 4) is 0 Å². The van der Waals surface area contributed by atoms with E-state index >= 15 is 0 Å². The molecule has 0 unspecified atom stereocenters. The monoisotopic (exact) mass is 162 g/mol. The fraction of sp³-hybridized carbons (Fsp3) is 0.222. The van der Waals surface area contributed by atoms with Crippen LogP contribution in [0, 0.1) is 6.92 Å². The third kappa shape index (κ3) is 0.833. The van der Waals surface area contributed by atoms with E-state index in [2.05, 4.69) is 5.32 Å². The molecule has 1 aliphatic rings. The van der Waals surface area contributed by atoms with Gasteiger partial charge in [0.05, 0.1) is 0 Å². The van der Waals surface area contributed by atoms with Crippen molar-refractivity contribution >= 4 is 11.6 Å². The van der Waals surface area contributed by atoms with Gasteiger partial charge in [0.25, 0.3) is 0 Å². The molecule has 0 saturated heterocycles. The number of benzene rings is 1. The van der Waals surface area contributed by atoms with Gasteiger partial charge in [0.1, 0.15) is 6.04 Å². The Bertz CT molecular complexity index is 346. The highest BCUT2D eigenvalue weighted by molar-refractivity contribution is 6.03. The second-order valence-corrected chi connectivity index (χ2v) is 3.01. The Kier molecular flexibility index (Phi) is 1.41. The first-order valence-corrected chi connectivity index (χ1v) is 3.86. The van der Waals surface area contributed by atoms with Crippen molar-refractivity contribution < 1.29 is 4.79 Å². The van der Waals surface area contributed by atoms with Crippen molar-refractivity contribution in [1.82, 2.24) is 0 Å². The quantitative estimate of drug-likeness (QED) is 0.596. The molecule has 12 heavy (non-hydrogen) atoms. The Hall–Kier alpha value is -1.35. The summed E-state index contributed by atoms with van der Waals surface area (Å²) in [6.07, 6.45) is 0. The van der Waals surface area contributed by atoms with Crippen LogP contribution in [-0.4, -0.2) is 5.91 Å². The summed E-state index contributed by atoms with van der Waals surface area (Å²) >= 11 is 0. The predicted molar refractivity (Wildman–Crippen MR) is 46.7 cm³/mol. The third-order valence-corrected chi connectivity index (χ3v) is 2.17. The van der Waals surface area contributed by atoms with Crippen LogP contribution in [-0.2, 0) is 4.79 Å². The molecule has 1 heterocycles. The number of para-hydroxylation sites is 1. The lowest BCUT2D eigenvalue weighted by molar-refractivity contribution is -0.116. The van der Waals surface area contributed by atoms with E-state index in [1.807, 2.05) is 25.1 Å². The zero-order valence-corrected chi connectivity index (χ0v) is 6.79. The maximum absolute atomic E-state index is 11.1. The van der Waals surface area contributed by atoms with Crippen LogP contribution in [0.15, 0.2) is 18.2 Å². The highest BCUT2D eigenvalue weighted by atomic mass is 16.2. The van der Waals surface area contributed by atoms with Crippen molar-refractivity contribution in [3.63, 3.8) is 0 Å². The lowest BCUT2D eigenvalue weighted by Crippen LogP contribution is -2.19. The van der Waals surface area contributed by atoms with E-state index in [9.17, 15) is 4.79 Å². The molecule has 3 heteroatoms. The normalized spacial score (nSPS) is 20.5. The topological polar surface area (TPSA) is 55.1 Å². The molecule has 1 amide bonds. The van der Waals surface area contributed by atoms with Crippen molar-refractivity contribution in [3.05, 3.63) is 29.3 Å². The molecule has 0 bridgehead atoms. The zero-order chi connectivity index (χ0) is 8.72. The van der Waals surface area contributed by atoms with Gasteiger partial charge in [-0.1, -0.05) is 18.2 Å². The molecule has 1 aliphatic heterocycles. The molecule has 0 spiro atoms. The van der Waals surface area contributed by atoms with Gasteiger partial charge < -0.3 is 11.1 Å². The van der Waals surface area contributed by atoms with E-state index in [1.165, 1.54) is 0 Å². The van der Waals surface area contributed by atoms with Gasteiger partial charge in [0.15, 0.2) is 0 Å². The number of nitrogens with two attached hydrogens (primary N) is 1. The van der Waals surface area contributed by atoms with Crippen LogP contribution >= 0.6 is 0 Å². The average molecular weight is 162 g/mol. The number of aryl methyl sites for hydroxylation is 1. The number of amides is 1. The number of fused-ring (bicyclic) bond motifs is 1. The maximum Gasteiger partial charge on any atom is 0.245 e. The number of hydrogen-bond donors (Lipinski definition) is 2. The van der Waals surface area contributed by atoms with Crippen LogP contribution in [0.4, 0.5) is 5.69 Å². The zero-order valence-electron chi connectivity index (χ0n) is 6.79. The molecule has 1 aromatic rings. The minimum atomic E-state index is -0.486. The van der Waals surface area contributed by atoms with Crippen molar-refractivity contribution in [2.75, 3.05) is 5.32 Å². The van der Waals surface area contributed by atoms with Crippen molar-refractivity contribution in [2.45, 2.75) is 13.0 Å². The summed E-state index contributed by atoms with van der Waals surface area (Å²) < 4.78 is 0. The number of carbonyl (C=O) groups is 1. The fourth-order valence-electron chi connectivity index (χ4n) is 1.46. The summed E-state index contributed by atoms with van der Waals surface area (Å²) in [5.74, 6) is -0.112. The first kappa shape index (κ1) is 7.31. The van der Waals surface area contributed by atoms with Gasteiger partial charge in [-0.05, 0) is 12.5 Å². The summed E-state index contributed by atoms with van der Waals surface area (Å²) in [7, 11) is 0. The lowest BCUT2D eigenvalue weighted by Gasteiger charge is -2.02. The summed E-state index contributed by atoms with van der Waals surface area (Å²) in [6, 6.07) is 5.26. The third-order valence-electron chi connectivity index (χ3n) is 2.17. The Balaban J connectivity index is 2.60. The van der Waals surface area contributed by atoms with Crippen LogP contribution in [0.1, 0.15) is 17.2 Å². The van der Waals surface area contributed by atoms with Gasteiger partial charge in [-0.25, -0.2) is 0 Å². The standard InChI is InChI=1S/C9H10N2O/c1-5-3-2-4-6-7(10)9(12)11-8(5)6/h2-4,7H,10H2,1H3,(H,11,12)/t7-/m0/s1. The molecular weight excluding hydrogens is 152 g/mol. The largest absolute Gasteiger partial charge is 0.324 e. The Morgan fingerprint density at radius 1 is 1.50 bits per heavy atom. The maximum atomic E-state index is 11.1. The van der Waals surface area contributed by atoms with Gasteiger partial charge in [-0.2, -0.15) is 0 Å². The Morgan fingerprint density at radius 3 is 2.92 bits per heavy atom. The minimum absolute atomic E-state index is 0.112. The van der Waals surface area contributed by atoms with Crippen molar-refractivity contribution in [2.24, 2.45) is 5.73 Å². The van der Waals surface area contributed by atoms with E-state index in [0.29, 0.717) is 0 Å². The van der Waals surface area contributed by atoms with Crippen LogP contribution in [0.3, 0.4) is 0 Å². The number of rotatable bonds is 0. The van der Waals surface area contributed by atoms with Crippen molar-refractivity contribution in [1.29, 1.82) is 0 Å². The highest BCUT2D eigenvalue weighted by Gasteiger charge is 2.27. The lowest BCUT2D eigenvalue weighted by atomic mass is 10.1. The Morgan fingerprint density at radius 2 is 2.25 bits per heavy atom. The van der Waals surface area contributed by atoms with E-state index in [4.69, 9.17) is 5.73 Å². The van der Waals surface area contributed by atoms with Crippen LogP contribution < -0.4 is 11.1 Å². The molecular formula is C9H10N2O. The van der Waals surface area contributed by atoms with Gasteiger partial charge in [-0.15, -0.1) is 0 Å². The Labute approximate surface area is 70.6 Å². The molecule has 0 saturated carbocycles. The van der Waals surface area contributed by atoms with Crippen LogP contribution in [0.25, 0.3) is 0 Å². The molecule has 2 rings (SSSR count). The SMILES string of the molecule is Cc1cccc2c1NC(=O)[C@H]2N. The number of anilines is 1. The summed E-state index contributed by atoms with van der Waals surface area (Å²) in [4.78, 5) is 11.1. The molecule has 3 N–H and O–H groups in total. The first-order chi connectivity index (χ1) is 5.70. The van der Waals surface area contributed by atoms with Crippen LogP contribution in [0.5, 0.6) is 0 Å². The fourth-order valence-corrected chi connectivity index (χ4v) is 1.46. The van der Waals surface area contributed by atoms with E-state index < -0.39 is 6.04 Å². The second-order valence-electron chi connectivity index (χ2n) is 3.01. The van der Waals surface area contributed by atoms with Gasteiger partial charge in [-0.3, -0.25) is 4.79 Å². The summed E-state index contributed by atoms with van der Waals surface area (Å²) in [6.45, 7) is 1.96. The number of carbonyl (C=O) groups excluding carboxylic acids is 1. The highest BCUT2D eigenvalue weighted by Crippen LogP contribution is 2.31. The molecule has 0 aromatic heterocycles. The summed E-state index contributed by atoms with van der Waals surface area (Å²) in [5.41, 5.74) is 8.50. The molecule has 0 radical (unpaired) electrons. The smallest absolute Gasteiger partial charge is 0.245 e.